The van der Waals surface area contributed by atoms with Crippen LogP contribution >= 0.6 is 0 Å². The Morgan fingerprint density at radius 2 is 2.00 bits per heavy atom. The van der Waals surface area contributed by atoms with Crippen LogP contribution < -0.4 is 0 Å². The second-order valence-corrected chi connectivity index (χ2v) is 4.54. The fourth-order valence-electron chi connectivity index (χ4n) is 1.95. The van der Waals surface area contributed by atoms with Crippen molar-refractivity contribution in [3.05, 3.63) is 35.5 Å². The summed E-state index contributed by atoms with van der Waals surface area (Å²) in [6, 6.07) is 0.281. The maximum atomic E-state index is 12.0. The van der Waals surface area contributed by atoms with Crippen molar-refractivity contribution in [2.45, 2.75) is 26.8 Å². The van der Waals surface area contributed by atoms with Crippen LogP contribution in [0.4, 0.5) is 0 Å². The Hall–Kier alpha value is -1.31. The Bertz CT molecular complexity index is 374. The molecule has 1 aliphatic carbocycles. The SMILES string of the molecule is CC1C=CC2=C(C=C1)C(=O)N(C(C)C)C2. The molecule has 2 rings (SSSR count). The van der Waals surface area contributed by atoms with E-state index in [1.54, 1.807) is 0 Å². The third-order valence-corrected chi connectivity index (χ3v) is 2.97. The summed E-state index contributed by atoms with van der Waals surface area (Å²) < 4.78 is 0. The van der Waals surface area contributed by atoms with Crippen molar-refractivity contribution >= 4 is 5.91 Å². The highest BCUT2D eigenvalue weighted by molar-refractivity contribution is 6.00. The first-order valence-corrected chi connectivity index (χ1v) is 5.50. The fourth-order valence-corrected chi connectivity index (χ4v) is 1.95. The van der Waals surface area contributed by atoms with Gasteiger partial charge >= 0.3 is 0 Å². The zero-order valence-electron chi connectivity index (χ0n) is 9.53. The Balaban J connectivity index is 2.29. The van der Waals surface area contributed by atoms with Crippen LogP contribution in [0.25, 0.3) is 0 Å². The van der Waals surface area contributed by atoms with E-state index < -0.39 is 0 Å². The first-order chi connectivity index (χ1) is 7.09. The van der Waals surface area contributed by atoms with E-state index in [9.17, 15) is 4.79 Å². The average molecular weight is 203 g/mol. The molecule has 0 aromatic rings. The first kappa shape index (κ1) is 10.2. The van der Waals surface area contributed by atoms with Gasteiger partial charge in [-0.15, -0.1) is 0 Å². The second-order valence-electron chi connectivity index (χ2n) is 4.54. The van der Waals surface area contributed by atoms with Crippen molar-refractivity contribution < 1.29 is 4.79 Å². The van der Waals surface area contributed by atoms with E-state index in [1.165, 1.54) is 0 Å². The van der Waals surface area contributed by atoms with E-state index >= 15 is 0 Å². The lowest BCUT2D eigenvalue weighted by molar-refractivity contribution is -0.126. The van der Waals surface area contributed by atoms with Crippen LogP contribution in [0.5, 0.6) is 0 Å². The zero-order valence-corrected chi connectivity index (χ0v) is 9.53. The molecule has 0 aromatic heterocycles. The van der Waals surface area contributed by atoms with E-state index in [0.717, 1.165) is 17.7 Å². The van der Waals surface area contributed by atoms with Crippen LogP contribution in [0.15, 0.2) is 35.5 Å². The molecule has 0 N–H and O–H groups in total. The first-order valence-electron chi connectivity index (χ1n) is 5.50. The van der Waals surface area contributed by atoms with E-state index in [0.29, 0.717) is 5.92 Å². The van der Waals surface area contributed by atoms with Crippen LogP contribution in [0.1, 0.15) is 20.8 Å². The molecule has 0 aromatic carbocycles. The number of amides is 1. The van der Waals surface area contributed by atoms with Gasteiger partial charge in [-0.05, 0) is 25.3 Å². The average Bonchev–Trinajstić information content (AvgIpc) is 2.37. The van der Waals surface area contributed by atoms with Crippen LogP contribution in [0.3, 0.4) is 0 Å². The summed E-state index contributed by atoms with van der Waals surface area (Å²) >= 11 is 0. The van der Waals surface area contributed by atoms with Crippen LogP contribution in [-0.4, -0.2) is 23.4 Å². The number of carbonyl (C=O) groups excluding carboxylic acids is 1. The summed E-state index contributed by atoms with van der Waals surface area (Å²) in [6.07, 6.45) is 8.31. The van der Waals surface area contributed by atoms with E-state index in [2.05, 4.69) is 39.0 Å². The van der Waals surface area contributed by atoms with Crippen molar-refractivity contribution in [1.29, 1.82) is 0 Å². The highest BCUT2D eigenvalue weighted by Crippen LogP contribution is 2.26. The molecule has 1 aliphatic heterocycles. The van der Waals surface area contributed by atoms with E-state index in [1.807, 2.05) is 11.0 Å². The lowest BCUT2D eigenvalue weighted by atomic mass is 10.1. The Kier molecular flexibility index (Phi) is 2.51. The van der Waals surface area contributed by atoms with Gasteiger partial charge in [0.2, 0.25) is 0 Å². The summed E-state index contributed by atoms with van der Waals surface area (Å²) in [5, 5.41) is 0. The summed E-state index contributed by atoms with van der Waals surface area (Å²) in [4.78, 5) is 13.9. The predicted octanol–water partition coefficient (Wildman–Crippen LogP) is 2.30. The molecule has 80 valence electrons. The lowest BCUT2D eigenvalue weighted by Gasteiger charge is -2.21. The third kappa shape index (κ3) is 1.76. The van der Waals surface area contributed by atoms with Crippen LogP contribution in [-0.2, 0) is 4.79 Å². The summed E-state index contributed by atoms with van der Waals surface area (Å²) in [7, 11) is 0. The van der Waals surface area contributed by atoms with E-state index in [4.69, 9.17) is 0 Å². The van der Waals surface area contributed by atoms with Crippen LogP contribution in [0, 0.1) is 5.92 Å². The molecule has 2 aliphatic rings. The summed E-state index contributed by atoms with van der Waals surface area (Å²) in [5.74, 6) is 0.603. The molecule has 0 radical (unpaired) electrons. The molecular formula is C13H17NO. The molecule has 0 saturated heterocycles. The van der Waals surface area contributed by atoms with E-state index in [-0.39, 0.29) is 11.9 Å². The topological polar surface area (TPSA) is 20.3 Å². The molecule has 0 bridgehead atoms. The minimum absolute atomic E-state index is 0.176. The molecule has 2 heteroatoms. The normalized spacial score (nSPS) is 25.2. The zero-order chi connectivity index (χ0) is 11.0. The highest BCUT2D eigenvalue weighted by Gasteiger charge is 2.29. The smallest absolute Gasteiger partial charge is 0.254 e. The van der Waals surface area contributed by atoms with Crippen LogP contribution in [0.2, 0.25) is 0 Å². The third-order valence-electron chi connectivity index (χ3n) is 2.97. The molecule has 0 spiro atoms. The predicted molar refractivity (Wildman–Crippen MR) is 61.3 cm³/mol. The Morgan fingerprint density at radius 1 is 1.33 bits per heavy atom. The van der Waals surface area contributed by atoms with Crippen molar-refractivity contribution in [1.82, 2.24) is 4.90 Å². The molecule has 1 amide bonds. The maximum absolute atomic E-state index is 12.0. The van der Waals surface area contributed by atoms with Gasteiger partial charge in [-0.1, -0.05) is 31.2 Å². The minimum atomic E-state index is 0.176. The number of nitrogens with zero attached hydrogens (tertiary/aromatic N) is 1. The summed E-state index contributed by atoms with van der Waals surface area (Å²) in [6.45, 7) is 7.00. The molecule has 1 atom stereocenters. The van der Waals surface area contributed by atoms with Gasteiger partial charge in [0.25, 0.3) is 5.91 Å². The number of carbonyl (C=O) groups is 1. The van der Waals surface area contributed by atoms with Gasteiger partial charge in [-0.3, -0.25) is 4.79 Å². The molecule has 15 heavy (non-hydrogen) atoms. The number of allylic oxidation sites excluding steroid dienone is 2. The fraction of sp³-hybridized carbons (Fsp3) is 0.462. The van der Waals surface area contributed by atoms with Gasteiger partial charge in [-0.25, -0.2) is 0 Å². The van der Waals surface area contributed by atoms with Crippen molar-refractivity contribution in [2.75, 3.05) is 6.54 Å². The quantitative estimate of drug-likeness (QED) is 0.640. The maximum Gasteiger partial charge on any atom is 0.254 e. The molecule has 0 saturated carbocycles. The summed E-state index contributed by atoms with van der Waals surface area (Å²) in [5.41, 5.74) is 2.04. The largest absolute Gasteiger partial charge is 0.332 e. The van der Waals surface area contributed by atoms with Gasteiger partial charge in [0.15, 0.2) is 0 Å². The van der Waals surface area contributed by atoms with Crippen molar-refractivity contribution in [3.8, 4) is 0 Å². The molecular weight excluding hydrogens is 186 g/mol. The second kappa shape index (κ2) is 3.69. The van der Waals surface area contributed by atoms with Gasteiger partial charge in [0.1, 0.15) is 0 Å². The number of hydrogen-bond acceptors (Lipinski definition) is 1. The van der Waals surface area contributed by atoms with Crippen molar-refractivity contribution in [3.63, 3.8) is 0 Å². The highest BCUT2D eigenvalue weighted by atomic mass is 16.2. The Morgan fingerprint density at radius 3 is 2.67 bits per heavy atom. The lowest BCUT2D eigenvalue weighted by Crippen LogP contribution is -2.33. The van der Waals surface area contributed by atoms with Gasteiger partial charge in [0.05, 0.1) is 0 Å². The van der Waals surface area contributed by atoms with Gasteiger partial charge in [-0.2, -0.15) is 0 Å². The number of rotatable bonds is 1. The monoisotopic (exact) mass is 203 g/mol. The standard InChI is InChI=1S/C13H17NO/c1-9(2)14-8-11-6-4-10(3)5-7-12(11)13(14)15/h4-7,9-10H,8H2,1-3H3. The Labute approximate surface area is 91.0 Å². The van der Waals surface area contributed by atoms with Crippen molar-refractivity contribution in [2.24, 2.45) is 5.92 Å². The molecule has 1 unspecified atom stereocenters. The minimum Gasteiger partial charge on any atom is -0.332 e. The van der Waals surface area contributed by atoms with Gasteiger partial charge < -0.3 is 4.90 Å². The molecule has 0 fully saturated rings. The van der Waals surface area contributed by atoms with Gasteiger partial charge in [0, 0.05) is 18.2 Å². The number of hydrogen-bond donors (Lipinski definition) is 0. The molecule has 1 heterocycles. The molecule has 2 nitrogen and oxygen atoms in total.